The SMILES string of the molecule is C[C@@H]1CC(=O)Nc2ccccc2N1C(=O)Cn1cnc2sccc2c1=O. The van der Waals surface area contributed by atoms with Crippen LogP contribution in [-0.4, -0.2) is 27.4 Å². The molecule has 1 aromatic carbocycles. The molecule has 0 spiro atoms. The highest BCUT2D eigenvalue weighted by atomic mass is 32.1. The number of fused-ring (bicyclic) bond motifs is 2. The second-order valence-corrected chi connectivity index (χ2v) is 7.09. The van der Waals surface area contributed by atoms with Crippen molar-refractivity contribution in [3.05, 3.63) is 52.4 Å². The summed E-state index contributed by atoms with van der Waals surface area (Å²) in [4.78, 5) is 44.1. The molecule has 1 N–H and O–H groups in total. The summed E-state index contributed by atoms with van der Waals surface area (Å²) in [6, 6.07) is 8.56. The van der Waals surface area contributed by atoms with Crippen molar-refractivity contribution in [2.75, 3.05) is 10.2 Å². The van der Waals surface area contributed by atoms with Gasteiger partial charge in [0.1, 0.15) is 11.4 Å². The topological polar surface area (TPSA) is 84.3 Å². The van der Waals surface area contributed by atoms with E-state index in [0.29, 0.717) is 21.6 Å². The summed E-state index contributed by atoms with van der Waals surface area (Å²) in [7, 11) is 0. The van der Waals surface area contributed by atoms with Crippen LogP contribution in [0, 0.1) is 0 Å². The predicted molar refractivity (Wildman–Crippen MR) is 101 cm³/mol. The van der Waals surface area contributed by atoms with Crippen molar-refractivity contribution in [2.45, 2.75) is 25.9 Å². The van der Waals surface area contributed by atoms with E-state index in [2.05, 4.69) is 10.3 Å². The van der Waals surface area contributed by atoms with Gasteiger partial charge in [-0.15, -0.1) is 11.3 Å². The zero-order valence-corrected chi connectivity index (χ0v) is 14.8. The van der Waals surface area contributed by atoms with E-state index in [1.807, 2.05) is 13.0 Å². The fourth-order valence-electron chi connectivity index (χ4n) is 3.20. The zero-order valence-electron chi connectivity index (χ0n) is 14.0. The molecule has 1 aliphatic heterocycles. The Bertz CT molecular complexity index is 1070. The number of thiophene rings is 1. The Balaban J connectivity index is 1.71. The van der Waals surface area contributed by atoms with E-state index in [9.17, 15) is 14.4 Å². The Morgan fingerprint density at radius 2 is 2.12 bits per heavy atom. The van der Waals surface area contributed by atoms with E-state index < -0.39 is 0 Å². The third-order valence-corrected chi connectivity index (χ3v) is 5.20. The number of carbonyl (C=O) groups is 2. The number of amides is 2. The summed E-state index contributed by atoms with van der Waals surface area (Å²) in [5.41, 5.74) is 0.983. The minimum atomic E-state index is -0.320. The molecule has 0 unspecified atom stereocenters. The minimum absolute atomic E-state index is 0.134. The van der Waals surface area contributed by atoms with Crippen LogP contribution in [0.3, 0.4) is 0 Å². The van der Waals surface area contributed by atoms with Crippen LogP contribution in [0.25, 0.3) is 10.2 Å². The van der Waals surface area contributed by atoms with Crippen molar-refractivity contribution in [3.63, 3.8) is 0 Å². The van der Waals surface area contributed by atoms with Gasteiger partial charge in [-0.05, 0) is 30.5 Å². The van der Waals surface area contributed by atoms with Crippen molar-refractivity contribution in [1.82, 2.24) is 9.55 Å². The molecule has 132 valence electrons. The number of para-hydroxylation sites is 2. The van der Waals surface area contributed by atoms with Crippen molar-refractivity contribution < 1.29 is 9.59 Å². The van der Waals surface area contributed by atoms with Gasteiger partial charge in [-0.2, -0.15) is 0 Å². The van der Waals surface area contributed by atoms with E-state index in [1.54, 1.807) is 34.5 Å². The Hall–Kier alpha value is -3.00. The highest BCUT2D eigenvalue weighted by Crippen LogP contribution is 2.31. The van der Waals surface area contributed by atoms with Crippen LogP contribution < -0.4 is 15.8 Å². The van der Waals surface area contributed by atoms with Crippen LogP contribution in [-0.2, 0) is 16.1 Å². The lowest BCUT2D eigenvalue weighted by Crippen LogP contribution is -2.42. The fourth-order valence-corrected chi connectivity index (χ4v) is 3.92. The van der Waals surface area contributed by atoms with E-state index in [0.717, 1.165) is 0 Å². The number of nitrogens with zero attached hydrogens (tertiary/aromatic N) is 3. The van der Waals surface area contributed by atoms with Gasteiger partial charge in [0.25, 0.3) is 5.56 Å². The largest absolute Gasteiger partial charge is 0.324 e. The summed E-state index contributed by atoms with van der Waals surface area (Å²) < 4.78 is 1.31. The Morgan fingerprint density at radius 1 is 1.31 bits per heavy atom. The standard InChI is InChI=1S/C18H16N4O3S/c1-11-8-15(23)20-13-4-2-3-5-14(13)22(11)16(24)9-21-10-19-17-12(18(21)25)6-7-26-17/h2-7,10-11H,8-9H2,1H3,(H,20,23)/t11-/m1/s1. The van der Waals surface area contributed by atoms with Gasteiger partial charge in [0.05, 0.1) is 23.1 Å². The Kier molecular flexibility index (Phi) is 4.04. The molecule has 0 radical (unpaired) electrons. The van der Waals surface area contributed by atoms with E-state index >= 15 is 0 Å². The van der Waals surface area contributed by atoms with Crippen LogP contribution in [0.5, 0.6) is 0 Å². The number of hydrogen-bond acceptors (Lipinski definition) is 5. The molecule has 26 heavy (non-hydrogen) atoms. The van der Waals surface area contributed by atoms with Crippen LogP contribution in [0.15, 0.2) is 46.8 Å². The second kappa shape index (κ2) is 6.38. The zero-order chi connectivity index (χ0) is 18.3. The monoisotopic (exact) mass is 368 g/mol. The van der Waals surface area contributed by atoms with E-state index in [1.165, 1.54) is 22.2 Å². The number of carbonyl (C=O) groups excluding carboxylic acids is 2. The van der Waals surface area contributed by atoms with Crippen molar-refractivity contribution in [2.24, 2.45) is 0 Å². The number of benzene rings is 1. The van der Waals surface area contributed by atoms with Crippen molar-refractivity contribution >= 4 is 44.7 Å². The lowest BCUT2D eigenvalue weighted by molar-refractivity contribution is -0.119. The van der Waals surface area contributed by atoms with E-state index in [-0.39, 0.29) is 36.4 Å². The first-order chi connectivity index (χ1) is 12.5. The van der Waals surface area contributed by atoms with Gasteiger partial charge in [-0.1, -0.05) is 12.1 Å². The number of anilines is 2. The van der Waals surface area contributed by atoms with Gasteiger partial charge < -0.3 is 10.2 Å². The molecule has 0 fully saturated rings. The normalized spacial score (nSPS) is 16.9. The highest BCUT2D eigenvalue weighted by Gasteiger charge is 2.29. The third-order valence-electron chi connectivity index (χ3n) is 4.38. The minimum Gasteiger partial charge on any atom is -0.324 e. The van der Waals surface area contributed by atoms with Gasteiger partial charge in [0.15, 0.2) is 0 Å². The second-order valence-electron chi connectivity index (χ2n) is 6.20. The third kappa shape index (κ3) is 2.78. The highest BCUT2D eigenvalue weighted by molar-refractivity contribution is 7.16. The van der Waals surface area contributed by atoms with Crippen molar-refractivity contribution in [3.8, 4) is 0 Å². The molecule has 2 amide bonds. The summed E-state index contributed by atoms with van der Waals surface area (Å²) in [6.45, 7) is 1.69. The lowest BCUT2D eigenvalue weighted by Gasteiger charge is -2.28. The van der Waals surface area contributed by atoms with Gasteiger partial charge >= 0.3 is 0 Å². The molecule has 1 atom stereocenters. The summed E-state index contributed by atoms with van der Waals surface area (Å²) >= 11 is 1.39. The smallest absolute Gasteiger partial charge is 0.262 e. The van der Waals surface area contributed by atoms with Crippen LogP contribution in [0.1, 0.15) is 13.3 Å². The summed E-state index contributed by atoms with van der Waals surface area (Å²) in [6.07, 6.45) is 1.59. The maximum atomic E-state index is 13.0. The van der Waals surface area contributed by atoms with Crippen LogP contribution >= 0.6 is 11.3 Å². The summed E-state index contributed by atoms with van der Waals surface area (Å²) in [5.74, 6) is -0.404. The first-order valence-corrected chi connectivity index (χ1v) is 9.06. The molecule has 4 rings (SSSR count). The molecule has 0 bridgehead atoms. The number of rotatable bonds is 2. The van der Waals surface area contributed by atoms with Gasteiger partial charge in [0, 0.05) is 12.5 Å². The predicted octanol–water partition coefficient (Wildman–Crippen LogP) is 2.22. The number of hydrogen-bond donors (Lipinski definition) is 1. The fraction of sp³-hybridized carbons (Fsp3) is 0.222. The summed E-state index contributed by atoms with van der Waals surface area (Å²) in [5, 5.41) is 5.13. The van der Waals surface area contributed by atoms with Gasteiger partial charge in [0.2, 0.25) is 11.8 Å². The molecule has 3 heterocycles. The Labute approximate surface area is 152 Å². The first kappa shape index (κ1) is 16.5. The molecule has 3 aromatic rings. The molecule has 1 aliphatic rings. The molecular weight excluding hydrogens is 352 g/mol. The van der Waals surface area contributed by atoms with Crippen LogP contribution in [0.4, 0.5) is 11.4 Å². The maximum absolute atomic E-state index is 13.0. The Morgan fingerprint density at radius 3 is 2.96 bits per heavy atom. The molecular formula is C18H16N4O3S. The average Bonchev–Trinajstić information content (AvgIpc) is 3.03. The number of aromatic nitrogens is 2. The molecule has 0 aliphatic carbocycles. The lowest BCUT2D eigenvalue weighted by atomic mass is 10.1. The van der Waals surface area contributed by atoms with Crippen molar-refractivity contribution in [1.29, 1.82) is 0 Å². The first-order valence-electron chi connectivity index (χ1n) is 8.18. The van der Waals surface area contributed by atoms with Gasteiger partial charge in [-0.25, -0.2) is 4.98 Å². The molecule has 0 saturated heterocycles. The van der Waals surface area contributed by atoms with Crippen LogP contribution in [0.2, 0.25) is 0 Å². The van der Waals surface area contributed by atoms with Gasteiger partial charge in [-0.3, -0.25) is 19.0 Å². The molecule has 8 heteroatoms. The van der Waals surface area contributed by atoms with E-state index in [4.69, 9.17) is 0 Å². The quantitative estimate of drug-likeness (QED) is 0.752. The molecule has 7 nitrogen and oxygen atoms in total. The number of nitrogens with one attached hydrogen (secondary N) is 1. The molecule has 0 saturated carbocycles. The maximum Gasteiger partial charge on any atom is 0.262 e. The molecule has 2 aromatic heterocycles. The average molecular weight is 368 g/mol.